The SMILES string of the molecule is Cc1nc2cc(NC(=O)c3ccc4cc[nH]c4c3)ccc2n1C. The van der Waals surface area contributed by atoms with E-state index in [0.29, 0.717) is 5.56 Å². The van der Waals surface area contributed by atoms with Crippen molar-refractivity contribution < 1.29 is 4.79 Å². The van der Waals surface area contributed by atoms with Gasteiger partial charge in [0.05, 0.1) is 11.0 Å². The Morgan fingerprint density at radius 2 is 2.04 bits per heavy atom. The van der Waals surface area contributed by atoms with Crippen LogP contribution in [0.15, 0.2) is 48.7 Å². The first-order valence-corrected chi connectivity index (χ1v) is 7.43. The van der Waals surface area contributed by atoms with Gasteiger partial charge in [-0.2, -0.15) is 0 Å². The minimum absolute atomic E-state index is 0.131. The van der Waals surface area contributed by atoms with Gasteiger partial charge in [-0.3, -0.25) is 4.79 Å². The molecule has 0 unspecified atom stereocenters. The topological polar surface area (TPSA) is 62.7 Å². The lowest BCUT2D eigenvalue weighted by Crippen LogP contribution is -2.11. The molecule has 0 bridgehead atoms. The smallest absolute Gasteiger partial charge is 0.255 e. The highest BCUT2D eigenvalue weighted by Gasteiger charge is 2.09. The summed E-state index contributed by atoms with van der Waals surface area (Å²) in [5.41, 5.74) is 4.24. The van der Waals surface area contributed by atoms with Crippen LogP contribution >= 0.6 is 0 Å². The molecule has 0 aliphatic heterocycles. The highest BCUT2D eigenvalue weighted by molar-refractivity contribution is 6.06. The van der Waals surface area contributed by atoms with Crippen molar-refractivity contribution >= 4 is 33.5 Å². The van der Waals surface area contributed by atoms with Crippen LogP contribution in [0.3, 0.4) is 0 Å². The van der Waals surface area contributed by atoms with Crippen LogP contribution in [-0.2, 0) is 7.05 Å². The second-order valence-electron chi connectivity index (χ2n) is 5.66. The van der Waals surface area contributed by atoms with E-state index in [-0.39, 0.29) is 5.91 Å². The van der Waals surface area contributed by atoms with Crippen LogP contribution in [-0.4, -0.2) is 20.4 Å². The third-order valence-electron chi connectivity index (χ3n) is 4.18. The molecule has 2 aromatic heterocycles. The van der Waals surface area contributed by atoms with Gasteiger partial charge in [0.15, 0.2) is 0 Å². The van der Waals surface area contributed by atoms with E-state index in [1.165, 1.54) is 0 Å². The highest BCUT2D eigenvalue weighted by Crippen LogP contribution is 2.20. The monoisotopic (exact) mass is 304 g/mol. The molecule has 0 saturated heterocycles. The Balaban J connectivity index is 1.65. The third kappa shape index (κ3) is 2.26. The summed E-state index contributed by atoms with van der Waals surface area (Å²) in [4.78, 5) is 20.1. The summed E-state index contributed by atoms with van der Waals surface area (Å²) in [5.74, 6) is 0.814. The van der Waals surface area contributed by atoms with Gasteiger partial charge in [0, 0.05) is 30.0 Å². The number of hydrogen-bond donors (Lipinski definition) is 2. The normalized spacial score (nSPS) is 11.2. The molecule has 4 aromatic rings. The van der Waals surface area contributed by atoms with Crippen LogP contribution < -0.4 is 5.32 Å². The first-order chi connectivity index (χ1) is 11.1. The van der Waals surface area contributed by atoms with Crippen molar-refractivity contribution in [3.8, 4) is 0 Å². The fourth-order valence-electron chi connectivity index (χ4n) is 2.79. The van der Waals surface area contributed by atoms with E-state index in [0.717, 1.165) is 33.4 Å². The number of nitrogens with one attached hydrogen (secondary N) is 2. The summed E-state index contributed by atoms with van der Waals surface area (Å²) < 4.78 is 2.03. The van der Waals surface area contributed by atoms with Gasteiger partial charge in [-0.1, -0.05) is 6.07 Å². The summed E-state index contributed by atoms with van der Waals surface area (Å²) in [6, 6.07) is 13.4. The molecule has 0 aliphatic rings. The van der Waals surface area contributed by atoms with E-state index in [2.05, 4.69) is 15.3 Å². The van der Waals surface area contributed by atoms with Crippen molar-refractivity contribution in [1.29, 1.82) is 0 Å². The van der Waals surface area contributed by atoms with Gasteiger partial charge in [0.2, 0.25) is 0 Å². The molecule has 0 saturated carbocycles. The van der Waals surface area contributed by atoms with Gasteiger partial charge in [0.25, 0.3) is 5.91 Å². The summed E-state index contributed by atoms with van der Waals surface area (Å²) in [7, 11) is 1.98. The number of carbonyl (C=O) groups is 1. The largest absolute Gasteiger partial charge is 0.361 e. The number of aromatic amines is 1. The minimum atomic E-state index is -0.131. The number of aryl methyl sites for hydroxylation is 2. The summed E-state index contributed by atoms with van der Waals surface area (Å²) in [6.45, 7) is 1.96. The van der Waals surface area contributed by atoms with Crippen molar-refractivity contribution in [2.45, 2.75) is 6.92 Å². The minimum Gasteiger partial charge on any atom is -0.361 e. The first-order valence-electron chi connectivity index (χ1n) is 7.43. The lowest BCUT2D eigenvalue weighted by Gasteiger charge is -2.06. The number of benzene rings is 2. The molecule has 114 valence electrons. The molecule has 5 nitrogen and oxygen atoms in total. The molecule has 0 fully saturated rings. The van der Waals surface area contributed by atoms with Crippen LogP contribution in [0, 0.1) is 6.92 Å². The molecule has 23 heavy (non-hydrogen) atoms. The van der Waals surface area contributed by atoms with E-state index in [4.69, 9.17) is 0 Å². The predicted molar refractivity (Wildman–Crippen MR) is 91.7 cm³/mol. The summed E-state index contributed by atoms with van der Waals surface area (Å²) in [6.07, 6.45) is 1.86. The number of imidazole rings is 1. The van der Waals surface area contributed by atoms with Crippen LogP contribution in [0.5, 0.6) is 0 Å². The molecule has 2 N–H and O–H groups in total. The van der Waals surface area contributed by atoms with E-state index in [9.17, 15) is 4.79 Å². The van der Waals surface area contributed by atoms with Gasteiger partial charge >= 0.3 is 0 Å². The van der Waals surface area contributed by atoms with E-state index in [1.54, 1.807) is 0 Å². The van der Waals surface area contributed by atoms with E-state index < -0.39 is 0 Å². The zero-order chi connectivity index (χ0) is 16.0. The van der Waals surface area contributed by atoms with Crippen LogP contribution in [0.2, 0.25) is 0 Å². The van der Waals surface area contributed by atoms with Crippen molar-refractivity contribution in [3.05, 3.63) is 60.0 Å². The number of aromatic nitrogens is 3. The van der Waals surface area contributed by atoms with Crippen molar-refractivity contribution in [1.82, 2.24) is 14.5 Å². The second kappa shape index (κ2) is 4.98. The van der Waals surface area contributed by atoms with Gasteiger partial charge in [-0.05, 0) is 48.7 Å². The zero-order valence-corrected chi connectivity index (χ0v) is 12.9. The molecule has 2 heterocycles. The Hall–Kier alpha value is -3.08. The number of hydrogen-bond acceptors (Lipinski definition) is 2. The van der Waals surface area contributed by atoms with Gasteiger partial charge in [-0.25, -0.2) is 4.98 Å². The van der Waals surface area contributed by atoms with Crippen molar-refractivity contribution in [3.63, 3.8) is 0 Å². The maximum atomic E-state index is 12.4. The molecule has 0 atom stereocenters. The van der Waals surface area contributed by atoms with Crippen molar-refractivity contribution in [2.75, 3.05) is 5.32 Å². The average Bonchev–Trinajstić information content (AvgIpc) is 3.11. The van der Waals surface area contributed by atoms with Crippen LogP contribution in [0.1, 0.15) is 16.2 Å². The van der Waals surface area contributed by atoms with Gasteiger partial charge < -0.3 is 14.9 Å². The molecular weight excluding hydrogens is 288 g/mol. The summed E-state index contributed by atoms with van der Waals surface area (Å²) >= 11 is 0. The fraction of sp³-hybridized carbons (Fsp3) is 0.111. The van der Waals surface area contributed by atoms with Crippen LogP contribution in [0.25, 0.3) is 21.9 Å². The fourth-order valence-corrected chi connectivity index (χ4v) is 2.79. The van der Waals surface area contributed by atoms with Crippen molar-refractivity contribution in [2.24, 2.45) is 7.05 Å². The second-order valence-corrected chi connectivity index (χ2v) is 5.66. The maximum absolute atomic E-state index is 12.4. The number of H-pyrrole nitrogens is 1. The molecule has 4 rings (SSSR count). The molecule has 0 aliphatic carbocycles. The number of amides is 1. The lowest BCUT2D eigenvalue weighted by molar-refractivity contribution is 0.102. The number of rotatable bonds is 2. The van der Waals surface area contributed by atoms with Gasteiger partial charge in [-0.15, -0.1) is 0 Å². The number of nitrogens with zero attached hydrogens (tertiary/aromatic N) is 2. The average molecular weight is 304 g/mol. The molecule has 5 heteroatoms. The molecular formula is C18H16N4O. The highest BCUT2D eigenvalue weighted by atomic mass is 16.1. The molecule has 0 spiro atoms. The first kappa shape index (κ1) is 13.6. The molecule has 0 radical (unpaired) electrons. The third-order valence-corrected chi connectivity index (χ3v) is 4.18. The molecule has 1 amide bonds. The number of fused-ring (bicyclic) bond motifs is 2. The maximum Gasteiger partial charge on any atom is 0.255 e. The summed E-state index contributed by atoms with van der Waals surface area (Å²) in [5, 5.41) is 4.02. The van der Waals surface area contributed by atoms with E-state index in [1.807, 2.05) is 67.2 Å². The van der Waals surface area contributed by atoms with E-state index >= 15 is 0 Å². The zero-order valence-electron chi connectivity index (χ0n) is 12.9. The Morgan fingerprint density at radius 3 is 2.91 bits per heavy atom. The predicted octanol–water partition coefficient (Wildman–Crippen LogP) is 3.62. The Kier molecular flexibility index (Phi) is 2.94. The molecule has 2 aromatic carbocycles. The number of anilines is 1. The lowest BCUT2D eigenvalue weighted by atomic mass is 10.1. The van der Waals surface area contributed by atoms with Gasteiger partial charge in [0.1, 0.15) is 5.82 Å². The Bertz CT molecular complexity index is 1040. The van der Waals surface area contributed by atoms with Crippen LogP contribution in [0.4, 0.5) is 5.69 Å². The standard InChI is InChI=1S/C18H16N4O/c1-11-20-16-10-14(5-6-17(16)22(11)2)21-18(23)13-4-3-12-7-8-19-15(12)9-13/h3-10,19H,1-2H3,(H,21,23). The Labute approximate surface area is 133 Å². The number of carbonyl (C=O) groups excluding carboxylic acids is 1. The Morgan fingerprint density at radius 1 is 1.17 bits per heavy atom. The quantitative estimate of drug-likeness (QED) is 0.594.